The van der Waals surface area contributed by atoms with Crippen molar-refractivity contribution in [1.29, 1.82) is 0 Å². The van der Waals surface area contributed by atoms with Crippen LogP contribution >= 0.6 is 0 Å². The fraction of sp³-hybridized carbons (Fsp3) is 0.125. The van der Waals surface area contributed by atoms with Crippen molar-refractivity contribution in [3.8, 4) is 0 Å². The molecule has 1 aromatic carbocycles. The first kappa shape index (κ1) is 9.60. The van der Waals surface area contributed by atoms with E-state index in [0.717, 1.165) is 5.56 Å². The van der Waals surface area contributed by atoms with E-state index in [2.05, 4.69) is 0 Å². The molecular formula is C8H7OTi-. The summed E-state index contributed by atoms with van der Waals surface area (Å²) in [6.07, 6.45) is 1.85. The van der Waals surface area contributed by atoms with Crippen LogP contribution in [0, 0.1) is 6.92 Å². The Hall–Kier alpha value is -0.396. The SMILES string of the molecule is Cc1ccccc1[C-]=O.[Ti]. The van der Waals surface area contributed by atoms with Crippen molar-refractivity contribution >= 4 is 6.29 Å². The van der Waals surface area contributed by atoms with E-state index in [9.17, 15) is 4.79 Å². The van der Waals surface area contributed by atoms with Crippen LogP contribution in [0.25, 0.3) is 0 Å². The van der Waals surface area contributed by atoms with Crippen LogP contribution in [-0.4, -0.2) is 6.29 Å². The van der Waals surface area contributed by atoms with Gasteiger partial charge in [-0.1, -0.05) is 13.0 Å². The molecule has 0 heterocycles. The van der Waals surface area contributed by atoms with E-state index in [1.807, 2.05) is 31.4 Å². The third-order valence-corrected chi connectivity index (χ3v) is 1.26. The van der Waals surface area contributed by atoms with Gasteiger partial charge in [-0.3, -0.25) is 0 Å². The zero-order valence-electron chi connectivity index (χ0n) is 5.72. The molecule has 2 heteroatoms. The summed E-state index contributed by atoms with van der Waals surface area (Å²) < 4.78 is 0. The van der Waals surface area contributed by atoms with Crippen LogP contribution < -0.4 is 0 Å². The topological polar surface area (TPSA) is 17.1 Å². The minimum Gasteiger partial charge on any atom is -0.376 e. The molecule has 0 aliphatic rings. The maximum Gasteiger partial charge on any atom is 0.0629 e. The van der Waals surface area contributed by atoms with Gasteiger partial charge in [0.2, 0.25) is 0 Å². The van der Waals surface area contributed by atoms with E-state index in [1.54, 1.807) is 6.07 Å². The van der Waals surface area contributed by atoms with Gasteiger partial charge < -0.3 is 4.79 Å². The maximum absolute atomic E-state index is 10.1. The smallest absolute Gasteiger partial charge is 0.0629 e. The monoisotopic (exact) mass is 167 g/mol. The average molecular weight is 167 g/mol. The van der Waals surface area contributed by atoms with Crippen LogP contribution in [0.3, 0.4) is 0 Å². The van der Waals surface area contributed by atoms with Crippen LogP contribution in [0.2, 0.25) is 0 Å². The van der Waals surface area contributed by atoms with E-state index in [0.29, 0.717) is 5.56 Å². The normalized spacial score (nSPS) is 8.10. The second-order valence-electron chi connectivity index (χ2n) is 1.92. The molecule has 0 aliphatic carbocycles. The Morgan fingerprint density at radius 3 is 2.30 bits per heavy atom. The average Bonchev–Trinajstić information content (AvgIpc) is 1.89. The summed E-state index contributed by atoms with van der Waals surface area (Å²) >= 11 is 0. The number of aryl methyl sites for hydroxylation is 1. The number of hydrogen-bond acceptors (Lipinski definition) is 1. The molecule has 0 fully saturated rings. The Morgan fingerprint density at radius 1 is 1.30 bits per heavy atom. The van der Waals surface area contributed by atoms with Crippen molar-refractivity contribution in [2.45, 2.75) is 6.92 Å². The summed E-state index contributed by atoms with van der Waals surface area (Å²) in [5.74, 6) is 0. The van der Waals surface area contributed by atoms with Crippen molar-refractivity contribution in [3.63, 3.8) is 0 Å². The van der Waals surface area contributed by atoms with Crippen LogP contribution in [0.4, 0.5) is 0 Å². The molecule has 0 spiro atoms. The molecule has 0 saturated carbocycles. The first-order chi connectivity index (χ1) is 4.34. The minimum atomic E-state index is 0. The van der Waals surface area contributed by atoms with Crippen LogP contribution in [0.1, 0.15) is 11.1 Å². The molecule has 0 atom stereocenters. The summed E-state index contributed by atoms with van der Waals surface area (Å²) in [7, 11) is 0. The molecule has 0 bridgehead atoms. The molecule has 0 unspecified atom stereocenters. The third-order valence-electron chi connectivity index (χ3n) is 1.26. The first-order valence-electron chi connectivity index (χ1n) is 2.78. The number of rotatable bonds is 1. The molecule has 0 radical (unpaired) electrons. The van der Waals surface area contributed by atoms with Crippen molar-refractivity contribution in [3.05, 3.63) is 35.4 Å². The molecule has 50 valence electrons. The second-order valence-corrected chi connectivity index (χ2v) is 1.92. The second kappa shape index (κ2) is 4.42. The van der Waals surface area contributed by atoms with Crippen molar-refractivity contribution < 1.29 is 26.5 Å². The van der Waals surface area contributed by atoms with Gasteiger partial charge in [-0.05, 0) is 0 Å². The van der Waals surface area contributed by atoms with E-state index >= 15 is 0 Å². The van der Waals surface area contributed by atoms with Crippen LogP contribution in [-0.2, 0) is 26.5 Å². The number of benzene rings is 1. The zero-order valence-corrected chi connectivity index (χ0v) is 7.28. The largest absolute Gasteiger partial charge is 0.376 e. The summed E-state index contributed by atoms with van der Waals surface area (Å²) in [6.45, 7) is 1.89. The van der Waals surface area contributed by atoms with Gasteiger partial charge in [0, 0.05) is 21.7 Å². The molecule has 10 heavy (non-hydrogen) atoms. The van der Waals surface area contributed by atoms with Gasteiger partial charge in [0.05, 0.1) is 6.29 Å². The van der Waals surface area contributed by atoms with E-state index < -0.39 is 0 Å². The fourth-order valence-corrected chi connectivity index (χ4v) is 0.687. The van der Waals surface area contributed by atoms with E-state index in [4.69, 9.17) is 0 Å². The molecular weight excluding hydrogens is 160 g/mol. The Morgan fingerprint density at radius 2 is 1.90 bits per heavy atom. The molecule has 0 saturated heterocycles. The molecule has 1 rings (SSSR count). The van der Waals surface area contributed by atoms with E-state index in [1.165, 1.54) is 0 Å². The van der Waals surface area contributed by atoms with Crippen molar-refractivity contribution in [1.82, 2.24) is 0 Å². The zero-order chi connectivity index (χ0) is 6.69. The van der Waals surface area contributed by atoms with Gasteiger partial charge in [-0.2, -0.15) is 6.07 Å². The molecule has 0 aromatic heterocycles. The quantitative estimate of drug-likeness (QED) is 0.457. The Bertz CT molecular complexity index is 220. The van der Waals surface area contributed by atoms with Crippen molar-refractivity contribution in [2.75, 3.05) is 0 Å². The number of hydrogen-bond donors (Lipinski definition) is 0. The Kier molecular flexibility index (Phi) is 4.25. The predicted octanol–water partition coefficient (Wildman–Crippen LogP) is 1.45. The first-order valence-corrected chi connectivity index (χ1v) is 2.78. The third kappa shape index (κ3) is 2.09. The van der Waals surface area contributed by atoms with Gasteiger partial charge in [0.15, 0.2) is 0 Å². The summed E-state index contributed by atoms with van der Waals surface area (Å²) in [5.41, 5.74) is 1.63. The Balaban J connectivity index is 0.000000810. The van der Waals surface area contributed by atoms with Gasteiger partial charge >= 0.3 is 0 Å². The summed E-state index contributed by atoms with van der Waals surface area (Å²) in [6, 6.07) is 7.37. The molecule has 1 nitrogen and oxygen atoms in total. The Labute approximate surface area is 75.3 Å². The van der Waals surface area contributed by atoms with Crippen molar-refractivity contribution in [2.24, 2.45) is 0 Å². The maximum atomic E-state index is 10.1. The van der Waals surface area contributed by atoms with Crippen LogP contribution in [0.5, 0.6) is 0 Å². The summed E-state index contributed by atoms with van der Waals surface area (Å²) in [4.78, 5) is 10.1. The van der Waals surface area contributed by atoms with Gasteiger partial charge in [0.25, 0.3) is 0 Å². The van der Waals surface area contributed by atoms with Gasteiger partial charge in [-0.25, -0.2) is 0 Å². The minimum absolute atomic E-state index is 0. The fourth-order valence-electron chi connectivity index (χ4n) is 0.687. The predicted molar refractivity (Wildman–Crippen MR) is 36.0 cm³/mol. The molecule has 0 amide bonds. The molecule has 0 aliphatic heterocycles. The van der Waals surface area contributed by atoms with Crippen LogP contribution in [0.15, 0.2) is 24.3 Å². The van der Waals surface area contributed by atoms with Gasteiger partial charge in [-0.15, -0.1) is 23.3 Å². The molecule has 0 N–H and O–H groups in total. The summed E-state index contributed by atoms with van der Waals surface area (Å²) in [5, 5.41) is 0. The number of carbonyl (C=O) groups excluding carboxylic acids is 1. The van der Waals surface area contributed by atoms with E-state index in [-0.39, 0.29) is 21.7 Å². The standard InChI is InChI=1S/C8H7O.Ti/c1-7-4-2-3-5-8(7)6-9;/h2-5H,1H3;/q-1;. The van der Waals surface area contributed by atoms with Gasteiger partial charge in [0.1, 0.15) is 0 Å². The molecule has 1 aromatic rings.